The van der Waals surface area contributed by atoms with Crippen molar-refractivity contribution in [2.75, 3.05) is 39.3 Å². The van der Waals surface area contributed by atoms with E-state index in [1.807, 2.05) is 39.0 Å². The van der Waals surface area contributed by atoms with E-state index in [0.717, 1.165) is 16.7 Å². The first kappa shape index (κ1) is 24.8. The van der Waals surface area contributed by atoms with Gasteiger partial charge in [-0.25, -0.2) is 4.79 Å². The highest BCUT2D eigenvalue weighted by Crippen LogP contribution is 2.37. The molecular formula is C26H34N4O5. The molecule has 9 nitrogen and oxygen atoms in total. The largest absolute Gasteiger partial charge is 0.466 e. The Bertz CT molecular complexity index is 1070. The Morgan fingerprint density at radius 1 is 1.11 bits per heavy atom. The van der Waals surface area contributed by atoms with Gasteiger partial charge in [0.2, 0.25) is 5.91 Å². The zero-order chi connectivity index (χ0) is 25.3. The van der Waals surface area contributed by atoms with Crippen LogP contribution in [0.15, 0.2) is 29.5 Å². The van der Waals surface area contributed by atoms with Gasteiger partial charge in [-0.1, -0.05) is 23.8 Å². The van der Waals surface area contributed by atoms with Crippen molar-refractivity contribution >= 4 is 23.8 Å². The zero-order valence-electron chi connectivity index (χ0n) is 20.9. The molecule has 4 amide bonds. The van der Waals surface area contributed by atoms with E-state index >= 15 is 0 Å². The molecular weight excluding hydrogens is 448 g/mol. The van der Waals surface area contributed by atoms with E-state index in [-0.39, 0.29) is 42.8 Å². The number of likely N-dealkylation sites (tertiary alicyclic amines) is 1. The lowest BCUT2D eigenvalue weighted by atomic mass is 9.91. The van der Waals surface area contributed by atoms with Crippen LogP contribution in [0.2, 0.25) is 0 Å². The average molecular weight is 483 g/mol. The topological polar surface area (TPSA) is 99.3 Å². The van der Waals surface area contributed by atoms with Crippen LogP contribution < -0.4 is 5.32 Å². The second kappa shape index (κ2) is 10.1. The van der Waals surface area contributed by atoms with E-state index < -0.39 is 6.04 Å². The molecule has 0 radical (unpaired) electrons. The number of piperidine rings is 1. The lowest BCUT2D eigenvalue weighted by Crippen LogP contribution is -2.47. The minimum Gasteiger partial charge on any atom is -0.466 e. The van der Waals surface area contributed by atoms with Crippen LogP contribution in [0.4, 0.5) is 4.79 Å². The van der Waals surface area contributed by atoms with E-state index in [2.05, 4.69) is 5.32 Å². The molecule has 0 bridgehead atoms. The molecule has 1 saturated heterocycles. The summed E-state index contributed by atoms with van der Waals surface area (Å²) in [5, 5.41) is 3.00. The molecule has 1 unspecified atom stereocenters. The van der Waals surface area contributed by atoms with Gasteiger partial charge in [-0.05, 0) is 51.7 Å². The molecule has 4 rings (SSSR count). The van der Waals surface area contributed by atoms with Gasteiger partial charge in [-0.3, -0.25) is 19.3 Å². The van der Waals surface area contributed by atoms with Gasteiger partial charge in [-0.2, -0.15) is 0 Å². The van der Waals surface area contributed by atoms with Crippen LogP contribution in [0.25, 0.3) is 0 Å². The number of rotatable bonds is 6. The smallest absolute Gasteiger partial charge is 0.322 e. The fraction of sp³-hybridized carbons (Fsp3) is 0.538. The van der Waals surface area contributed by atoms with Gasteiger partial charge in [0.05, 0.1) is 36.4 Å². The molecule has 0 spiro atoms. The molecule has 1 aromatic carbocycles. The van der Waals surface area contributed by atoms with Crippen molar-refractivity contribution in [1.82, 2.24) is 20.0 Å². The predicted molar refractivity (Wildman–Crippen MR) is 129 cm³/mol. The van der Waals surface area contributed by atoms with E-state index in [0.29, 0.717) is 50.4 Å². The summed E-state index contributed by atoms with van der Waals surface area (Å²) in [6.45, 7) is 9.50. The van der Waals surface area contributed by atoms with Gasteiger partial charge < -0.3 is 19.9 Å². The number of hydrogen-bond donors (Lipinski definition) is 1. The summed E-state index contributed by atoms with van der Waals surface area (Å²) in [5.74, 6) is -0.764. The highest BCUT2D eigenvalue weighted by molar-refractivity contribution is 6.03. The number of hydrogen-bond acceptors (Lipinski definition) is 5. The summed E-state index contributed by atoms with van der Waals surface area (Å²) >= 11 is 0. The first-order valence-electron chi connectivity index (χ1n) is 12.4. The molecule has 0 aromatic heterocycles. The van der Waals surface area contributed by atoms with Crippen molar-refractivity contribution in [1.29, 1.82) is 0 Å². The Morgan fingerprint density at radius 2 is 1.83 bits per heavy atom. The Labute approximate surface area is 206 Å². The minimum absolute atomic E-state index is 0.0543. The third-order valence-electron chi connectivity index (χ3n) is 7.14. The summed E-state index contributed by atoms with van der Waals surface area (Å²) in [4.78, 5) is 56.3. The molecule has 3 aliphatic heterocycles. The van der Waals surface area contributed by atoms with Crippen LogP contribution in [-0.2, 0) is 19.1 Å². The lowest BCUT2D eigenvalue weighted by Gasteiger charge is -2.33. The fourth-order valence-corrected chi connectivity index (χ4v) is 5.28. The molecule has 188 valence electrons. The minimum atomic E-state index is -0.547. The number of ether oxygens (including phenoxy) is 1. The number of amides is 4. The summed E-state index contributed by atoms with van der Waals surface area (Å²) in [6, 6.07) is 5.18. The van der Waals surface area contributed by atoms with Crippen molar-refractivity contribution in [3.05, 3.63) is 46.2 Å². The summed E-state index contributed by atoms with van der Waals surface area (Å²) in [6.07, 6.45) is 1.12. The zero-order valence-corrected chi connectivity index (χ0v) is 20.9. The molecule has 35 heavy (non-hydrogen) atoms. The van der Waals surface area contributed by atoms with Gasteiger partial charge in [0.15, 0.2) is 0 Å². The molecule has 0 aliphatic carbocycles. The maximum atomic E-state index is 13.6. The molecule has 1 aromatic rings. The molecule has 1 fully saturated rings. The highest BCUT2D eigenvalue weighted by Gasteiger charge is 2.44. The normalized spacial score (nSPS) is 20.8. The molecule has 3 aliphatic rings. The number of carbonyl (C=O) groups is 4. The van der Waals surface area contributed by atoms with Gasteiger partial charge in [-0.15, -0.1) is 0 Å². The standard InChI is InChI=1S/C26H34N4O5/c1-5-30-20-14-29(15-21(31)28-11-9-18(10-12-28)25(33)35-6-2)24(32)22(20)23(27-26(30)34)19-8-7-16(3)13-17(19)4/h7-8,13,18,23H,5-6,9-12,14-15H2,1-4H3,(H,27,34). The SMILES string of the molecule is CCOC(=O)C1CCN(C(=O)CN2CC3=C(C2=O)C(c2ccc(C)cc2C)NC(=O)N3CC)CC1. The van der Waals surface area contributed by atoms with Crippen LogP contribution >= 0.6 is 0 Å². The van der Waals surface area contributed by atoms with Gasteiger partial charge >= 0.3 is 12.0 Å². The second-order valence-corrected chi connectivity index (χ2v) is 9.42. The molecule has 3 heterocycles. The van der Waals surface area contributed by atoms with Crippen LogP contribution in [0.1, 0.15) is 49.4 Å². The molecule has 9 heteroatoms. The Morgan fingerprint density at radius 3 is 2.46 bits per heavy atom. The number of esters is 1. The van der Waals surface area contributed by atoms with E-state index in [4.69, 9.17) is 4.74 Å². The fourth-order valence-electron chi connectivity index (χ4n) is 5.28. The number of nitrogens with one attached hydrogen (secondary N) is 1. The summed E-state index contributed by atoms with van der Waals surface area (Å²) in [7, 11) is 0. The van der Waals surface area contributed by atoms with E-state index in [1.54, 1.807) is 16.7 Å². The van der Waals surface area contributed by atoms with Crippen molar-refractivity contribution < 1.29 is 23.9 Å². The van der Waals surface area contributed by atoms with Crippen molar-refractivity contribution in [2.24, 2.45) is 5.92 Å². The number of likely N-dealkylation sites (N-methyl/N-ethyl adjacent to an activating group) is 1. The van der Waals surface area contributed by atoms with Crippen LogP contribution in [-0.4, -0.2) is 77.8 Å². The molecule has 1 N–H and O–H groups in total. The maximum Gasteiger partial charge on any atom is 0.322 e. The Hall–Kier alpha value is -3.36. The van der Waals surface area contributed by atoms with Crippen molar-refractivity contribution in [3.63, 3.8) is 0 Å². The van der Waals surface area contributed by atoms with Crippen molar-refractivity contribution in [3.8, 4) is 0 Å². The van der Waals surface area contributed by atoms with Crippen LogP contribution in [0.3, 0.4) is 0 Å². The van der Waals surface area contributed by atoms with E-state index in [9.17, 15) is 19.2 Å². The lowest BCUT2D eigenvalue weighted by molar-refractivity contribution is -0.151. The Balaban J connectivity index is 1.49. The third kappa shape index (κ3) is 4.76. The first-order valence-corrected chi connectivity index (χ1v) is 12.4. The number of carbonyl (C=O) groups excluding carboxylic acids is 4. The quantitative estimate of drug-likeness (QED) is 0.628. The number of aryl methyl sites for hydroxylation is 2. The van der Waals surface area contributed by atoms with Gasteiger partial charge in [0.25, 0.3) is 5.91 Å². The van der Waals surface area contributed by atoms with Crippen molar-refractivity contribution in [2.45, 2.75) is 46.6 Å². The Kier molecular flexibility index (Phi) is 7.14. The predicted octanol–water partition coefficient (Wildman–Crippen LogP) is 2.29. The summed E-state index contributed by atoms with van der Waals surface area (Å²) < 4.78 is 5.10. The highest BCUT2D eigenvalue weighted by atomic mass is 16.5. The average Bonchev–Trinajstić information content (AvgIpc) is 3.14. The van der Waals surface area contributed by atoms with Crippen LogP contribution in [0, 0.1) is 19.8 Å². The number of benzene rings is 1. The van der Waals surface area contributed by atoms with Crippen LogP contribution in [0.5, 0.6) is 0 Å². The third-order valence-corrected chi connectivity index (χ3v) is 7.14. The summed E-state index contributed by atoms with van der Waals surface area (Å²) in [5.41, 5.74) is 4.19. The second-order valence-electron chi connectivity index (χ2n) is 9.42. The maximum absolute atomic E-state index is 13.6. The monoisotopic (exact) mass is 482 g/mol. The number of urea groups is 1. The van der Waals surface area contributed by atoms with Gasteiger partial charge in [0.1, 0.15) is 6.54 Å². The first-order chi connectivity index (χ1) is 16.7. The molecule has 0 saturated carbocycles. The van der Waals surface area contributed by atoms with E-state index in [1.165, 1.54) is 4.90 Å². The molecule has 1 atom stereocenters. The number of nitrogens with zero attached hydrogens (tertiary/aromatic N) is 3. The van der Waals surface area contributed by atoms with Gasteiger partial charge in [0, 0.05) is 19.6 Å².